The van der Waals surface area contributed by atoms with Crippen LogP contribution in [-0.4, -0.2) is 25.3 Å². The Labute approximate surface area is 104 Å². The molecule has 17 heavy (non-hydrogen) atoms. The zero-order valence-corrected chi connectivity index (χ0v) is 10.8. The summed E-state index contributed by atoms with van der Waals surface area (Å²) in [5.41, 5.74) is 1.28. The third-order valence-electron chi connectivity index (χ3n) is 3.64. The SMILES string of the molecule is CCCNC(Cc1ccoc1)C1CCOC1C. The van der Waals surface area contributed by atoms with E-state index in [0.29, 0.717) is 18.1 Å². The predicted octanol–water partition coefficient (Wildman–Crippen LogP) is 2.62. The molecular weight excluding hydrogens is 214 g/mol. The van der Waals surface area contributed by atoms with Gasteiger partial charge in [0.15, 0.2) is 0 Å². The third-order valence-corrected chi connectivity index (χ3v) is 3.64. The summed E-state index contributed by atoms with van der Waals surface area (Å²) in [5.74, 6) is 0.622. The summed E-state index contributed by atoms with van der Waals surface area (Å²) >= 11 is 0. The number of ether oxygens (including phenoxy) is 1. The summed E-state index contributed by atoms with van der Waals surface area (Å²) in [6.07, 6.45) is 7.34. The van der Waals surface area contributed by atoms with Crippen LogP contribution in [0.5, 0.6) is 0 Å². The predicted molar refractivity (Wildman–Crippen MR) is 68.0 cm³/mol. The number of furan rings is 1. The van der Waals surface area contributed by atoms with E-state index in [2.05, 4.69) is 25.2 Å². The summed E-state index contributed by atoms with van der Waals surface area (Å²) in [6.45, 7) is 6.37. The second kappa shape index (κ2) is 6.22. The van der Waals surface area contributed by atoms with E-state index >= 15 is 0 Å². The normalized spacial score (nSPS) is 26.2. The lowest BCUT2D eigenvalue weighted by molar-refractivity contribution is 0.0953. The zero-order valence-electron chi connectivity index (χ0n) is 10.8. The lowest BCUT2D eigenvalue weighted by Gasteiger charge is -2.26. The lowest BCUT2D eigenvalue weighted by Crippen LogP contribution is -2.41. The molecule has 3 heteroatoms. The Morgan fingerprint density at radius 1 is 1.53 bits per heavy atom. The Morgan fingerprint density at radius 2 is 2.41 bits per heavy atom. The zero-order chi connectivity index (χ0) is 12.1. The molecule has 1 aromatic rings. The quantitative estimate of drug-likeness (QED) is 0.826. The standard InChI is InChI=1S/C14H23NO2/c1-3-6-15-14(9-12-4-7-16-10-12)13-5-8-17-11(13)2/h4,7,10-11,13-15H,3,5-6,8-9H2,1-2H3. The second-order valence-electron chi connectivity index (χ2n) is 4.92. The fraction of sp³-hybridized carbons (Fsp3) is 0.714. The minimum atomic E-state index is 0.372. The molecule has 0 spiro atoms. The van der Waals surface area contributed by atoms with Gasteiger partial charge >= 0.3 is 0 Å². The van der Waals surface area contributed by atoms with Crippen molar-refractivity contribution in [3.8, 4) is 0 Å². The molecule has 1 saturated heterocycles. The van der Waals surface area contributed by atoms with Crippen molar-refractivity contribution in [3.63, 3.8) is 0 Å². The van der Waals surface area contributed by atoms with Crippen molar-refractivity contribution in [1.82, 2.24) is 5.32 Å². The van der Waals surface area contributed by atoms with Gasteiger partial charge in [0.25, 0.3) is 0 Å². The van der Waals surface area contributed by atoms with Crippen molar-refractivity contribution < 1.29 is 9.15 Å². The van der Waals surface area contributed by atoms with Gasteiger partial charge in [-0.15, -0.1) is 0 Å². The van der Waals surface area contributed by atoms with Gasteiger partial charge in [-0.05, 0) is 44.4 Å². The maximum atomic E-state index is 5.68. The van der Waals surface area contributed by atoms with E-state index in [-0.39, 0.29) is 0 Å². The maximum absolute atomic E-state index is 5.68. The van der Waals surface area contributed by atoms with Gasteiger partial charge in [-0.2, -0.15) is 0 Å². The smallest absolute Gasteiger partial charge is 0.0935 e. The van der Waals surface area contributed by atoms with Crippen molar-refractivity contribution in [3.05, 3.63) is 24.2 Å². The molecule has 0 aromatic carbocycles. The van der Waals surface area contributed by atoms with Gasteiger partial charge in [-0.1, -0.05) is 6.92 Å². The molecule has 1 aliphatic rings. The Bertz CT molecular complexity index is 310. The minimum Gasteiger partial charge on any atom is -0.472 e. The Hall–Kier alpha value is -0.800. The molecule has 96 valence electrons. The topological polar surface area (TPSA) is 34.4 Å². The van der Waals surface area contributed by atoms with E-state index in [9.17, 15) is 0 Å². The van der Waals surface area contributed by atoms with Crippen LogP contribution in [0.25, 0.3) is 0 Å². The lowest BCUT2D eigenvalue weighted by atomic mass is 9.89. The highest BCUT2D eigenvalue weighted by Crippen LogP contribution is 2.26. The second-order valence-corrected chi connectivity index (χ2v) is 4.92. The fourth-order valence-corrected chi connectivity index (χ4v) is 2.64. The molecule has 0 radical (unpaired) electrons. The molecule has 0 amide bonds. The van der Waals surface area contributed by atoms with Crippen molar-refractivity contribution in [2.75, 3.05) is 13.2 Å². The maximum Gasteiger partial charge on any atom is 0.0935 e. The average Bonchev–Trinajstić information content (AvgIpc) is 2.95. The van der Waals surface area contributed by atoms with Crippen LogP contribution in [0, 0.1) is 5.92 Å². The van der Waals surface area contributed by atoms with Crippen molar-refractivity contribution in [2.45, 2.75) is 45.3 Å². The van der Waals surface area contributed by atoms with Crippen LogP contribution in [0.1, 0.15) is 32.3 Å². The molecule has 1 aliphatic heterocycles. The van der Waals surface area contributed by atoms with Crippen LogP contribution in [-0.2, 0) is 11.2 Å². The highest BCUT2D eigenvalue weighted by Gasteiger charge is 2.31. The van der Waals surface area contributed by atoms with Gasteiger partial charge in [0.05, 0.1) is 18.6 Å². The molecule has 1 fully saturated rings. The first kappa shape index (κ1) is 12.7. The van der Waals surface area contributed by atoms with Crippen LogP contribution in [0.2, 0.25) is 0 Å². The van der Waals surface area contributed by atoms with E-state index < -0.39 is 0 Å². The highest BCUT2D eigenvalue weighted by molar-refractivity contribution is 5.08. The van der Waals surface area contributed by atoms with E-state index in [4.69, 9.17) is 9.15 Å². The van der Waals surface area contributed by atoms with Crippen molar-refractivity contribution in [2.24, 2.45) is 5.92 Å². The van der Waals surface area contributed by atoms with Crippen LogP contribution in [0.3, 0.4) is 0 Å². The monoisotopic (exact) mass is 237 g/mol. The minimum absolute atomic E-state index is 0.372. The Morgan fingerprint density at radius 3 is 3.00 bits per heavy atom. The molecule has 0 bridgehead atoms. The average molecular weight is 237 g/mol. The molecule has 3 nitrogen and oxygen atoms in total. The number of hydrogen-bond donors (Lipinski definition) is 1. The summed E-state index contributed by atoms with van der Waals surface area (Å²) in [4.78, 5) is 0. The van der Waals surface area contributed by atoms with Crippen LogP contribution in [0.4, 0.5) is 0 Å². The number of rotatable bonds is 6. The van der Waals surface area contributed by atoms with Gasteiger partial charge in [0.1, 0.15) is 0 Å². The van der Waals surface area contributed by atoms with E-state index in [0.717, 1.165) is 19.6 Å². The highest BCUT2D eigenvalue weighted by atomic mass is 16.5. The molecule has 1 aromatic heterocycles. The van der Waals surface area contributed by atoms with E-state index in [1.54, 1.807) is 6.26 Å². The summed E-state index contributed by atoms with van der Waals surface area (Å²) < 4.78 is 10.8. The number of nitrogens with one attached hydrogen (secondary N) is 1. The van der Waals surface area contributed by atoms with Gasteiger partial charge in [0, 0.05) is 18.6 Å². The third kappa shape index (κ3) is 3.33. The molecule has 0 saturated carbocycles. The molecular formula is C14H23NO2. The first-order valence-electron chi connectivity index (χ1n) is 6.67. The summed E-state index contributed by atoms with van der Waals surface area (Å²) in [6, 6.07) is 2.56. The first-order valence-corrected chi connectivity index (χ1v) is 6.67. The Balaban J connectivity index is 1.97. The molecule has 3 atom stereocenters. The molecule has 2 rings (SSSR count). The van der Waals surface area contributed by atoms with Gasteiger partial charge in [-0.25, -0.2) is 0 Å². The summed E-state index contributed by atoms with van der Waals surface area (Å²) in [7, 11) is 0. The molecule has 3 unspecified atom stereocenters. The van der Waals surface area contributed by atoms with E-state index in [1.165, 1.54) is 18.4 Å². The van der Waals surface area contributed by atoms with Crippen LogP contribution in [0.15, 0.2) is 23.0 Å². The van der Waals surface area contributed by atoms with Crippen LogP contribution < -0.4 is 5.32 Å². The molecule has 0 aliphatic carbocycles. The van der Waals surface area contributed by atoms with Crippen molar-refractivity contribution in [1.29, 1.82) is 0 Å². The largest absolute Gasteiger partial charge is 0.472 e. The van der Waals surface area contributed by atoms with Crippen LogP contribution >= 0.6 is 0 Å². The summed E-state index contributed by atoms with van der Waals surface area (Å²) in [5, 5.41) is 3.66. The van der Waals surface area contributed by atoms with Crippen molar-refractivity contribution >= 4 is 0 Å². The molecule has 1 N–H and O–H groups in total. The first-order chi connectivity index (χ1) is 8.31. The van der Waals surface area contributed by atoms with Gasteiger partial charge < -0.3 is 14.5 Å². The fourth-order valence-electron chi connectivity index (χ4n) is 2.64. The van der Waals surface area contributed by atoms with Gasteiger partial charge in [0.2, 0.25) is 0 Å². The number of hydrogen-bond acceptors (Lipinski definition) is 3. The van der Waals surface area contributed by atoms with Gasteiger partial charge in [-0.3, -0.25) is 0 Å². The molecule has 2 heterocycles. The Kier molecular flexibility index (Phi) is 4.63. The van der Waals surface area contributed by atoms with E-state index in [1.807, 2.05) is 6.26 Å².